The number of methoxy groups -OCH3 is 1. The van der Waals surface area contributed by atoms with Gasteiger partial charge in [-0.25, -0.2) is 4.98 Å². The summed E-state index contributed by atoms with van der Waals surface area (Å²) in [5.74, 6) is 1.02. The highest BCUT2D eigenvalue weighted by Gasteiger charge is 2.26. The van der Waals surface area contributed by atoms with Crippen LogP contribution in [-0.2, 0) is 11.2 Å². The Morgan fingerprint density at radius 3 is 2.48 bits per heavy atom. The molecule has 4 rings (SSSR count). The lowest BCUT2D eigenvalue weighted by molar-refractivity contribution is -0.132. The Hall–Kier alpha value is -3.13. The molecule has 3 aromatic rings. The molecule has 0 bridgehead atoms. The van der Waals surface area contributed by atoms with Crippen LogP contribution < -0.4 is 4.74 Å². The number of rotatable bonds is 5. The van der Waals surface area contributed by atoms with Crippen LogP contribution in [0.25, 0.3) is 10.6 Å². The summed E-state index contributed by atoms with van der Waals surface area (Å²) in [4.78, 5) is 33.1. The van der Waals surface area contributed by atoms with Gasteiger partial charge in [0, 0.05) is 37.1 Å². The zero-order valence-electron chi connectivity index (χ0n) is 16.0. The van der Waals surface area contributed by atoms with Gasteiger partial charge in [-0.1, -0.05) is 0 Å². The summed E-state index contributed by atoms with van der Waals surface area (Å²) in [6.45, 7) is 2.03. The van der Waals surface area contributed by atoms with Crippen LogP contribution in [0.4, 0.5) is 0 Å². The zero-order chi connectivity index (χ0) is 20.2. The predicted octanol–water partition coefficient (Wildman–Crippen LogP) is 2.94. The SMILES string of the molecule is COc1ccc(-c2nc(CC(=O)N3CCN(C(=O)c4ccco4)CC3)cs2)cc1. The molecule has 2 amide bonds. The lowest BCUT2D eigenvalue weighted by Crippen LogP contribution is -2.50. The van der Waals surface area contributed by atoms with E-state index in [4.69, 9.17) is 9.15 Å². The van der Waals surface area contributed by atoms with Gasteiger partial charge in [0.1, 0.15) is 10.8 Å². The van der Waals surface area contributed by atoms with Crippen molar-refractivity contribution in [2.45, 2.75) is 6.42 Å². The molecule has 0 saturated carbocycles. The minimum atomic E-state index is -0.134. The van der Waals surface area contributed by atoms with Gasteiger partial charge in [-0.2, -0.15) is 0 Å². The quantitative estimate of drug-likeness (QED) is 0.645. The number of hydrogen-bond donors (Lipinski definition) is 0. The molecule has 3 heterocycles. The third-order valence-electron chi connectivity index (χ3n) is 4.87. The number of furan rings is 1. The van der Waals surface area contributed by atoms with Crippen molar-refractivity contribution >= 4 is 23.2 Å². The number of carbonyl (C=O) groups excluding carboxylic acids is 2. The molecule has 0 atom stereocenters. The monoisotopic (exact) mass is 411 g/mol. The standard InChI is InChI=1S/C21H21N3O4S/c1-27-17-6-4-15(5-7-17)20-22-16(14-29-20)13-19(25)23-8-10-24(11-9-23)21(26)18-3-2-12-28-18/h2-7,12,14H,8-11,13H2,1H3. The third kappa shape index (κ3) is 4.32. The van der Waals surface area contributed by atoms with Crippen LogP contribution in [-0.4, -0.2) is 59.9 Å². The molecule has 0 N–H and O–H groups in total. The molecular weight excluding hydrogens is 390 g/mol. The van der Waals surface area contributed by atoms with Crippen LogP contribution in [0.3, 0.4) is 0 Å². The van der Waals surface area contributed by atoms with Crippen molar-refractivity contribution in [2.24, 2.45) is 0 Å². The summed E-state index contributed by atoms with van der Waals surface area (Å²) in [7, 11) is 1.63. The molecule has 1 aromatic carbocycles. The first-order valence-corrected chi connectivity index (χ1v) is 10.2. The summed E-state index contributed by atoms with van der Waals surface area (Å²) in [5.41, 5.74) is 1.76. The average Bonchev–Trinajstić information content (AvgIpc) is 3.46. The molecule has 150 valence electrons. The summed E-state index contributed by atoms with van der Waals surface area (Å²) in [5, 5.41) is 2.80. The molecule has 1 aliphatic rings. The molecule has 1 fully saturated rings. The van der Waals surface area contributed by atoms with E-state index in [1.54, 1.807) is 29.0 Å². The molecule has 7 nitrogen and oxygen atoms in total. The van der Waals surface area contributed by atoms with Crippen molar-refractivity contribution in [3.05, 3.63) is 59.5 Å². The van der Waals surface area contributed by atoms with E-state index < -0.39 is 0 Å². The van der Waals surface area contributed by atoms with E-state index in [1.807, 2.05) is 29.6 Å². The summed E-state index contributed by atoms with van der Waals surface area (Å²) < 4.78 is 10.3. The number of thiazole rings is 1. The van der Waals surface area contributed by atoms with E-state index in [0.29, 0.717) is 31.9 Å². The van der Waals surface area contributed by atoms with Crippen molar-refractivity contribution in [3.8, 4) is 16.3 Å². The molecular formula is C21H21N3O4S. The van der Waals surface area contributed by atoms with Gasteiger partial charge in [0.05, 0.1) is 25.5 Å². The lowest BCUT2D eigenvalue weighted by atomic mass is 10.2. The maximum absolute atomic E-state index is 12.7. The van der Waals surface area contributed by atoms with Crippen LogP contribution in [0.5, 0.6) is 5.75 Å². The summed E-state index contributed by atoms with van der Waals surface area (Å²) in [6.07, 6.45) is 1.75. The van der Waals surface area contributed by atoms with E-state index in [2.05, 4.69) is 4.98 Å². The van der Waals surface area contributed by atoms with Crippen molar-refractivity contribution in [2.75, 3.05) is 33.3 Å². The van der Waals surface area contributed by atoms with E-state index in [9.17, 15) is 9.59 Å². The Morgan fingerprint density at radius 1 is 1.10 bits per heavy atom. The number of aromatic nitrogens is 1. The summed E-state index contributed by atoms with van der Waals surface area (Å²) in [6, 6.07) is 11.1. The topological polar surface area (TPSA) is 75.9 Å². The lowest BCUT2D eigenvalue weighted by Gasteiger charge is -2.34. The van der Waals surface area contributed by atoms with E-state index >= 15 is 0 Å². The largest absolute Gasteiger partial charge is 0.497 e. The van der Waals surface area contributed by atoms with Gasteiger partial charge in [-0.15, -0.1) is 11.3 Å². The Labute approximate surface area is 172 Å². The second-order valence-corrected chi connectivity index (χ2v) is 7.56. The Bertz CT molecular complexity index is 974. The number of hydrogen-bond acceptors (Lipinski definition) is 6. The van der Waals surface area contributed by atoms with Gasteiger partial charge in [0.2, 0.25) is 5.91 Å². The number of benzene rings is 1. The summed E-state index contributed by atoms with van der Waals surface area (Å²) >= 11 is 1.52. The van der Waals surface area contributed by atoms with Crippen LogP contribution in [0, 0.1) is 0 Å². The molecule has 0 unspecified atom stereocenters. The smallest absolute Gasteiger partial charge is 0.289 e. The second-order valence-electron chi connectivity index (χ2n) is 6.70. The maximum Gasteiger partial charge on any atom is 0.289 e. The minimum absolute atomic E-state index is 0.0293. The van der Waals surface area contributed by atoms with Crippen molar-refractivity contribution in [1.82, 2.24) is 14.8 Å². The molecule has 29 heavy (non-hydrogen) atoms. The molecule has 8 heteroatoms. The Kier molecular flexibility index (Phi) is 5.62. The van der Waals surface area contributed by atoms with Gasteiger partial charge in [0.15, 0.2) is 5.76 Å². The zero-order valence-corrected chi connectivity index (χ0v) is 16.9. The van der Waals surface area contributed by atoms with Gasteiger partial charge in [-0.05, 0) is 36.4 Å². The third-order valence-corrected chi connectivity index (χ3v) is 5.81. The highest BCUT2D eigenvalue weighted by Crippen LogP contribution is 2.26. The van der Waals surface area contributed by atoms with Crippen molar-refractivity contribution in [3.63, 3.8) is 0 Å². The normalized spacial score (nSPS) is 14.1. The van der Waals surface area contributed by atoms with Crippen molar-refractivity contribution in [1.29, 1.82) is 0 Å². The first-order valence-electron chi connectivity index (χ1n) is 9.33. The fraction of sp³-hybridized carbons (Fsp3) is 0.286. The number of piperazine rings is 1. The van der Waals surface area contributed by atoms with Gasteiger partial charge in [0.25, 0.3) is 5.91 Å². The number of amides is 2. The first kappa shape index (κ1) is 19.2. The Balaban J connectivity index is 1.32. The van der Waals surface area contributed by atoms with Gasteiger partial charge in [-0.3, -0.25) is 9.59 Å². The second kappa shape index (κ2) is 8.48. The molecule has 2 aromatic heterocycles. The van der Waals surface area contributed by atoms with Crippen LogP contribution in [0.15, 0.2) is 52.5 Å². The van der Waals surface area contributed by atoms with Gasteiger partial charge >= 0.3 is 0 Å². The molecule has 1 aliphatic heterocycles. The van der Waals surface area contributed by atoms with Gasteiger partial charge < -0.3 is 19.0 Å². The first-order chi connectivity index (χ1) is 14.1. The van der Waals surface area contributed by atoms with E-state index in [0.717, 1.165) is 22.0 Å². The highest BCUT2D eigenvalue weighted by molar-refractivity contribution is 7.13. The van der Waals surface area contributed by atoms with E-state index in [-0.39, 0.29) is 18.2 Å². The van der Waals surface area contributed by atoms with Crippen LogP contribution in [0.2, 0.25) is 0 Å². The maximum atomic E-state index is 12.7. The molecule has 1 saturated heterocycles. The van der Waals surface area contributed by atoms with Crippen LogP contribution in [0.1, 0.15) is 16.2 Å². The number of nitrogens with zero attached hydrogens (tertiary/aromatic N) is 3. The predicted molar refractivity (Wildman–Crippen MR) is 109 cm³/mol. The fourth-order valence-corrected chi connectivity index (χ4v) is 4.06. The fourth-order valence-electron chi connectivity index (χ4n) is 3.24. The average molecular weight is 411 g/mol. The number of carbonyl (C=O) groups is 2. The van der Waals surface area contributed by atoms with Crippen LogP contribution >= 0.6 is 11.3 Å². The minimum Gasteiger partial charge on any atom is -0.497 e. The van der Waals surface area contributed by atoms with E-state index in [1.165, 1.54) is 17.6 Å². The van der Waals surface area contributed by atoms with Crippen molar-refractivity contribution < 1.29 is 18.7 Å². The molecule has 0 spiro atoms. The molecule has 0 aliphatic carbocycles. The highest BCUT2D eigenvalue weighted by atomic mass is 32.1. The Morgan fingerprint density at radius 2 is 1.83 bits per heavy atom. The number of ether oxygens (including phenoxy) is 1. The molecule has 0 radical (unpaired) electrons.